The van der Waals surface area contributed by atoms with Gasteiger partial charge in [0.25, 0.3) is 0 Å². The lowest BCUT2D eigenvalue weighted by Crippen LogP contribution is -2.57. The number of aryl methyl sites for hydroxylation is 1. The maximum Gasteiger partial charge on any atom is 0.318 e. The fourth-order valence-corrected chi connectivity index (χ4v) is 4.82. The van der Waals surface area contributed by atoms with Gasteiger partial charge in [-0.2, -0.15) is 5.10 Å². The van der Waals surface area contributed by atoms with Crippen molar-refractivity contribution in [1.82, 2.24) is 30.0 Å². The van der Waals surface area contributed by atoms with Crippen molar-refractivity contribution in [3.8, 4) is 0 Å². The van der Waals surface area contributed by atoms with Gasteiger partial charge in [-0.25, -0.2) is 14.8 Å². The first kappa shape index (κ1) is 22.4. The zero-order valence-corrected chi connectivity index (χ0v) is 20.3. The molecule has 1 aliphatic carbocycles. The maximum absolute atomic E-state index is 13.0. The topological polar surface area (TPSA) is 79.2 Å². The number of hydrogen-bond acceptors (Lipinski definition) is 5. The van der Waals surface area contributed by atoms with E-state index in [1.54, 1.807) is 6.33 Å². The van der Waals surface area contributed by atoms with Crippen LogP contribution in [0.3, 0.4) is 0 Å². The molecule has 0 spiro atoms. The van der Waals surface area contributed by atoms with Crippen molar-refractivity contribution < 1.29 is 4.79 Å². The van der Waals surface area contributed by atoms with E-state index in [0.29, 0.717) is 24.7 Å². The highest BCUT2D eigenvalue weighted by Crippen LogP contribution is 2.35. The first-order chi connectivity index (χ1) is 16.4. The van der Waals surface area contributed by atoms with E-state index in [4.69, 9.17) is 11.6 Å². The molecule has 0 unspecified atom stereocenters. The third-order valence-corrected chi connectivity index (χ3v) is 6.85. The molecule has 1 aliphatic heterocycles. The van der Waals surface area contributed by atoms with Crippen LogP contribution in [0.5, 0.6) is 0 Å². The van der Waals surface area contributed by atoms with Crippen molar-refractivity contribution in [1.29, 1.82) is 0 Å². The lowest BCUT2D eigenvalue weighted by molar-refractivity contribution is 0.168. The third kappa shape index (κ3) is 4.37. The Morgan fingerprint density at radius 2 is 2.00 bits per heavy atom. The zero-order valence-electron chi connectivity index (χ0n) is 19.6. The van der Waals surface area contributed by atoms with Crippen LogP contribution in [0.15, 0.2) is 43.0 Å². The molecule has 1 aromatic carbocycles. The summed E-state index contributed by atoms with van der Waals surface area (Å²) in [4.78, 5) is 26.3. The van der Waals surface area contributed by atoms with Crippen LogP contribution in [-0.4, -0.2) is 56.4 Å². The molecule has 0 bridgehead atoms. The number of urea groups is 1. The summed E-state index contributed by atoms with van der Waals surface area (Å²) in [6, 6.07) is 7.46. The van der Waals surface area contributed by atoms with Crippen LogP contribution in [-0.2, 0) is 13.5 Å². The maximum atomic E-state index is 13.0. The fraction of sp³-hybridized carbons (Fsp3) is 0.360. The van der Waals surface area contributed by atoms with Crippen LogP contribution >= 0.6 is 11.6 Å². The lowest BCUT2D eigenvalue weighted by Gasteiger charge is -2.41. The van der Waals surface area contributed by atoms with Gasteiger partial charge in [-0.3, -0.25) is 4.68 Å². The minimum atomic E-state index is -0.101. The Kier molecular flexibility index (Phi) is 6.00. The largest absolute Gasteiger partial charge is 0.352 e. The quantitative estimate of drug-likeness (QED) is 0.615. The molecule has 2 aromatic heterocycles. The van der Waals surface area contributed by atoms with Gasteiger partial charge in [0.05, 0.1) is 17.9 Å². The molecule has 176 valence electrons. The van der Waals surface area contributed by atoms with Crippen molar-refractivity contribution in [2.24, 2.45) is 7.05 Å². The second-order valence-electron chi connectivity index (χ2n) is 9.02. The SMILES string of the molecule is C[C@H](NC(=O)N1CCN(c2ncnc3c2C=C(c2cnn(C)c2)C3)C[C@H]1C)c1ccc(Cl)cc1. The van der Waals surface area contributed by atoms with Gasteiger partial charge in [0.15, 0.2) is 0 Å². The predicted molar refractivity (Wildman–Crippen MR) is 134 cm³/mol. The summed E-state index contributed by atoms with van der Waals surface area (Å²) >= 11 is 5.99. The Labute approximate surface area is 204 Å². The average molecular weight is 478 g/mol. The second kappa shape index (κ2) is 9.10. The number of aromatic nitrogens is 4. The molecule has 1 N–H and O–H groups in total. The van der Waals surface area contributed by atoms with Gasteiger partial charge in [0.1, 0.15) is 12.1 Å². The predicted octanol–water partition coefficient (Wildman–Crippen LogP) is 3.94. The van der Waals surface area contributed by atoms with Gasteiger partial charge >= 0.3 is 6.03 Å². The Morgan fingerprint density at radius 3 is 2.71 bits per heavy atom. The van der Waals surface area contributed by atoms with E-state index in [1.165, 1.54) is 5.57 Å². The van der Waals surface area contributed by atoms with Gasteiger partial charge in [-0.1, -0.05) is 23.7 Å². The molecular weight excluding hydrogens is 450 g/mol. The number of allylic oxidation sites excluding steroid dienone is 1. The van der Waals surface area contributed by atoms with Crippen LogP contribution in [0.25, 0.3) is 11.6 Å². The molecule has 0 radical (unpaired) electrons. The number of hydrogen-bond donors (Lipinski definition) is 1. The fourth-order valence-electron chi connectivity index (χ4n) is 4.69. The molecule has 2 aliphatic rings. The molecule has 2 atom stereocenters. The Morgan fingerprint density at radius 1 is 1.21 bits per heavy atom. The molecule has 8 nitrogen and oxygen atoms in total. The van der Waals surface area contributed by atoms with Crippen molar-refractivity contribution in [3.05, 3.63) is 70.4 Å². The summed E-state index contributed by atoms with van der Waals surface area (Å²) < 4.78 is 1.81. The number of halogens is 1. The summed E-state index contributed by atoms with van der Waals surface area (Å²) in [7, 11) is 1.92. The van der Waals surface area contributed by atoms with Crippen molar-refractivity contribution in [3.63, 3.8) is 0 Å². The molecule has 1 saturated heterocycles. The molecule has 5 rings (SSSR count). The van der Waals surface area contributed by atoms with E-state index in [9.17, 15) is 4.79 Å². The summed E-state index contributed by atoms with van der Waals surface area (Å²) in [6.45, 7) is 6.11. The van der Waals surface area contributed by atoms with Crippen LogP contribution in [0.1, 0.15) is 42.3 Å². The van der Waals surface area contributed by atoms with E-state index in [-0.39, 0.29) is 18.1 Å². The van der Waals surface area contributed by atoms with E-state index >= 15 is 0 Å². The summed E-state index contributed by atoms with van der Waals surface area (Å²) in [5.74, 6) is 0.935. The molecule has 3 heterocycles. The minimum Gasteiger partial charge on any atom is -0.352 e. The Balaban J connectivity index is 1.27. The normalized spacial score (nSPS) is 18.5. The molecule has 3 aromatic rings. The molecule has 2 amide bonds. The molecule has 1 fully saturated rings. The second-order valence-corrected chi connectivity index (χ2v) is 9.45. The van der Waals surface area contributed by atoms with Crippen molar-refractivity contribution in [2.75, 3.05) is 24.5 Å². The number of anilines is 1. The number of nitrogens with zero attached hydrogens (tertiary/aromatic N) is 6. The summed E-state index contributed by atoms with van der Waals surface area (Å²) in [6.07, 6.45) is 8.51. The van der Waals surface area contributed by atoms with Gasteiger partial charge < -0.3 is 15.1 Å². The highest BCUT2D eigenvalue weighted by Gasteiger charge is 2.31. The first-order valence-corrected chi connectivity index (χ1v) is 11.9. The number of carbonyl (C=O) groups excluding carboxylic acids is 1. The first-order valence-electron chi connectivity index (χ1n) is 11.5. The number of rotatable bonds is 4. The Bertz CT molecular complexity index is 1240. The summed E-state index contributed by atoms with van der Waals surface area (Å²) in [5, 5.41) is 8.10. The van der Waals surface area contributed by atoms with Gasteiger partial charge in [-0.05, 0) is 43.2 Å². The molecular formula is C25H28ClN7O. The number of amides is 2. The minimum absolute atomic E-state index is 0.0416. The van der Waals surface area contributed by atoms with Crippen LogP contribution in [0, 0.1) is 0 Å². The molecule has 9 heteroatoms. The van der Waals surface area contributed by atoms with Crippen molar-refractivity contribution >= 4 is 35.1 Å². The van der Waals surface area contributed by atoms with Crippen molar-refractivity contribution in [2.45, 2.75) is 32.4 Å². The number of nitrogens with one attached hydrogen (secondary N) is 1. The van der Waals surface area contributed by atoms with Crippen LogP contribution in [0.2, 0.25) is 5.02 Å². The third-order valence-electron chi connectivity index (χ3n) is 6.60. The number of benzene rings is 1. The van der Waals surface area contributed by atoms with E-state index in [0.717, 1.165) is 34.6 Å². The Hall–Kier alpha value is -3.39. The van der Waals surface area contributed by atoms with Crippen LogP contribution < -0.4 is 10.2 Å². The standard InChI is InChI=1S/C25H28ClN7O/c1-16-13-32(8-9-33(16)25(34)30-17(2)18-4-6-21(26)7-5-18)24-22-10-19(11-23(22)27-15-28-24)20-12-29-31(3)14-20/h4-7,10,12,14-17H,8-9,11,13H2,1-3H3,(H,30,34)/t16-,17+/m1/s1. The summed E-state index contributed by atoms with van der Waals surface area (Å²) in [5.41, 5.74) is 5.44. The van der Waals surface area contributed by atoms with Gasteiger partial charge in [-0.15, -0.1) is 0 Å². The van der Waals surface area contributed by atoms with Gasteiger partial charge in [0.2, 0.25) is 0 Å². The highest BCUT2D eigenvalue weighted by atomic mass is 35.5. The molecule has 0 saturated carbocycles. The highest BCUT2D eigenvalue weighted by molar-refractivity contribution is 6.30. The van der Waals surface area contributed by atoms with Gasteiger partial charge in [0, 0.05) is 61.5 Å². The van der Waals surface area contributed by atoms with E-state index in [2.05, 4.69) is 38.3 Å². The molecule has 34 heavy (non-hydrogen) atoms. The zero-order chi connectivity index (χ0) is 23.8. The van der Waals surface area contributed by atoms with Crippen LogP contribution in [0.4, 0.5) is 10.6 Å². The smallest absolute Gasteiger partial charge is 0.318 e. The number of fused-ring (bicyclic) bond motifs is 1. The van der Waals surface area contributed by atoms with E-state index in [1.807, 2.05) is 60.2 Å². The number of piperazine rings is 1. The lowest BCUT2D eigenvalue weighted by atomic mass is 10.1. The number of carbonyl (C=O) groups is 1. The van der Waals surface area contributed by atoms with E-state index < -0.39 is 0 Å². The monoisotopic (exact) mass is 477 g/mol. The average Bonchev–Trinajstić information content (AvgIpc) is 3.45.